The van der Waals surface area contributed by atoms with Crippen LogP contribution < -0.4 is 0 Å². The number of nitrogens with zero attached hydrogens (tertiary/aromatic N) is 2. The third-order valence-corrected chi connectivity index (χ3v) is 5.10. The highest BCUT2D eigenvalue weighted by molar-refractivity contribution is 7.16. The van der Waals surface area contributed by atoms with E-state index in [1.807, 2.05) is 29.8 Å². The van der Waals surface area contributed by atoms with Crippen LogP contribution in [-0.4, -0.2) is 28.4 Å². The van der Waals surface area contributed by atoms with Crippen molar-refractivity contribution in [3.05, 3.63) is 65.2 Å². The van der Waals surface area contributed by atoms with Crippen LogP contribution in [-0.2, 0) is 6.42 Å². The Labute approximate surface area is 139 Å². The summed E-state index contributed by atoms with van der Waals surface area (Å²) in [6.45, 7) is 0.786. The van der Waals surface area contributed by atoms with Crippen molar-refractivity contribution in [2.45, 2.75) is 25.3 Å². The molecule has 1 heterocycles. The van der Waals surface area contributed by atoms with Crippen LogP contribution in [0.4, 0.5) is 0 Å². The molecule has 2 aromatic carbocycles. The van der Waals surface area contributed by atoms with Crippen molar-refractivity contribution < 1.29 is 4.79 Å². The van der Waals surface area contributed by atoms with Gasteiger partial charge < -0.3 is 4.90 Å². The van der Waals surface area contributed by atoms with Gasteiger partial charge in [-0.1, -0.05) is 30.3 Å². The van der Waals surface area contributed by atoms with E-state index in [0.29, 0.717) is 6.04 Å². The van der Waals surface area contributed by atoms with E-state index < -0.39 is 0 Å². The van der Waals surface area contributed by atoms with E-state index >= 15 is 0 Å². The highest BCUT2D eigenvalue weighted by Gasteiger charge is 2.32. The van der Waals surface area contributed by atoms with Crippen molar-refractivity contribution in [3.8, 4) is 0 Å². The number of amides is 1. The Bertz CT molecular complexity index is 824. The fourth-order valence-electron chi connectivity index (χ4n) is 2.88. The molecule has 3 aromatic rings. The van der Waals surface area contributed by atoms with E-state index in [1.165, 1.54) is 5.56 Å². The number of carbonyl (C=O) groups excluding carboxylic acids is 1. The lowest BCUT2D eigenvalue weighted by Gasteiger charge is -2.22. The Hall–Kier alpha value is -2.20. The first-order valence-corrected chi connectivity index (χ1v) is 8.87. The largest absolute Gasteiger partial charge is 0.335 e. The van der Waals surface area contributed by atoms with Crippen molar-refractivity contribution in [2.24, 2.45) is 0 Å². The summed E-state index contributed by atoms with van der Waals surface area (Å²) in [7, 11) is 0. The van der Waals surface area contributed by atoms with Gasteiger partial charge in [-0.05, 0) is 43.0 Å². The zero-order valence-electron chi connectivity index (χ0n) is 12.8. The first-order valence-electron chi connectivity index (χ1n) is 7.99. The Morgan fingerprint density at radius 1 is 1.17 bits per heavy atom. The van der Waals surface area contributed by atoms with Gasteiger partial charge in [0.15, 0.2) is 0 Å². The minimum Gasteiger partial charge on any atom is -0.335 e. The number of rotatable bonds is 5. The standard InChI is InChI=1S/C19H18N2OS/c22-19(15-6-9-17-18(12-15)23-13-20-17)21(16-7-8-16)11-10-14-4-2-1-3-5-14/h1-6,9,12-13,16H,7-8,10-11H2. The lowest BCUT2D eigenvalue weighted by atomic mass is 10.1. The van der Waals surface area contributed by atoms with Crippen LogP contribution in [0.1, 0.15) is 28.8 Å². The first-order chi connectivity index (χ1) is 11.3. The van der Waals surface area contributed by atoms with E-state index in [4.69, 9.17) is 0 Å². The number of carbonyl (C=O) groups is 1. The molecule has 0 aliphatic heterocycles. The predicted molar refractivity (Wildman–Crippen MR) is 93.8 cm³/mol. The summed E-state index contributed by atoms with van der Waals surface area (Å²) >= 11 is 1.58. The molecule has 0 atom stereocenters. The first kappa shape index (κ1) is 14.4. The Morgan fingerprint density at radius 2 is 2.00 bits per heavy atom. The van der Waals surface area contributed by atoms with E-state index in [2.05, 4.69) is 34.1 Å². The lowest BCUT2D eigenvalue weighted by Crippen LogP contribution is -2.34. The average Bonchev–Trinajstić information content (AvgIpc) is 3.32. The molecule has 0 N–H and O–H groups in total. The third kappa shape index (κ3) is 3.13. The molecule has 1 fully saturated rings. The maximum atomic E-state index is 12.9. The number of hydrogen-bond donors (Lipinski definition) is 0. The summed E-state index contributed by atoms with van der Waals surface area (Å²) in [5.41, 5.74) is 4.85. The van der Waals surface area contributed by atoms with E-state index in [1.54, 1.807) is 11.3 Å². The Morgan fingerprint density at radius 3 is 2.78 bits per heavy atom. The second-order valence-corrected chi connectivity index (χ2v) is 6.89. The summed E-state index contributed by atoms with van der Waals surface area (Å²) in [5, 5.41) is 0. The van der Waals surface area contributed by atoms with Crippen molar-refractivity contribution in [1.82, 2.24) is 9.88 Å². The maximum Gasteiger partial charge on any atom is 0.254 e. The molecular formula is C19H18N2OS. The van der Waals surface area contributed by atoms with Gasteiger partial charge in [-0.3, -0.25) is 4.79 Å². The summed E-state index contributed by atoms with van der Waals surface area (Å²) in [6.07, 6.45) is 3.17. The molecule has 1 aliphatic carbocycles. The lowest BCUT2D eigenvalue weighted by molar-refractivity contribution is 0.0745. The van der Waals surface area contributed by atoms with Crippen LogP contribution in [0.5, 0.6) is 0 Å². The number of thiazole rings is 1. The molecule has 116 valence electrons. The van der Waals surface area contributed by atoms with E-state index in [0.717, 1.165) is 41.6 Å². The predicted octanol–water partition coefficient (Wildman–Crippen LogP) is 4.14. The molecule has 0 spiro atoms. The molecule has 23 heavy (non-hydrogen) atoms. The summed E-state index contributed by atoms with van der Waals surface area (Å²) in [6, 6.07) is 16.6. The molecule has 1 aromatic heterocycles. The molecule has 4 rings (SSSR count). The molecule has 3 nitrogen and oxygen atoms in total. The number of fused-ring (bicyclic) bond motifs is 1. The number of hydrogen-bond acceptors (Lipinski definition) is 3. The smallest absolute Gasteiger partial charge is 0.254 e. The van der Waals surface area contributed by atoms with Gasteiger partial charge in [0.2, 0.25) is 0 Å². The van der Waals surface area contributed by atoms with Crippen LogP contribution in [0, 0.1) is 0 Å². The summed E-state index contributed by atoms with van der Waals surface area (Å²) in [4.78, 5) is 19.3. The SMILES string of the molecule is O=C(c1ccc2ncsc2c1)N(CCc1ccccc1)C1CC1. The highest BCUT2D eigenvalue weighted by Crippen LogP contribution is 2.29. The summed E-state index contributed by atoms with van der Waals surface area (Å²) < 4.78 is 1.08. The van der Waals surface area contributed by atoms with Gasteiger partial charge in [0, 0.05) is 18.2 Å². The van der Waals surface area contributed by atoms with Gasteiger partial charge in [-0.15, -0.1) is 11.3 Å². The third-order valence-electron chi connectivity index (χ3n) is 4.31. The van der Waals surface area contributed by atoms with Crippen LogP contribution in [0.3, 0.4) is 0 Å². The molecule has 0 bridgehead atoms. The second-order valence-electron chi connectivity index (χ2n) is 6.00. The quantitative estimate of drug-likeness (QED) is 0.707. The second kappa shape index (κ2) is 6.13. The topological polar surface area (TPSA) is 33.2 Å². The van der Waals surface area contributed by atoms with Crippen molar-refractivity contribution in [1.29, 1.82) is 0 Å². The minimum atomic E-state index is 0.152. The molecule has 0 unspecified atom stereocenters. The number of aromatic nitrogens is 1. The van der Waals surface area contributed by atoms with Crippen molar-refractivity contribution in [2.75, 3.05) is 6.54 Å². The van der Waals surface area contributed by atoms with Gasteiger partial charge in [0.1, 0.15) is 0 Å². The zero-order chi connectivity index (χ0) is 15.6. The van der Waals surface area contributed by atoms with Gasteiger partial charge >= 0.3 is 0 Å². The van der Waals surface area contributed by atoms with Gasteiger partial charge in [-0.2, -0.15) is 0 Å². The number of benzene rings is 2. The van der Waals surface area contributed by atoms with Crippen molar-refractivity contribution in [3.63, 3.8) is 0 Å². The van der Waals surface area contributed by atoms with Crippen LogP contribution in [0.25, 0.3) is 10.2 Å². The fraction of sp³-hybridized carbons (Fsp3) is 0.263. The van der Waals surface area contributed by atoms with Crippen LogP contribution in [0.2, 0.25) is 0 Å². The van der Waals surface area contributed by atoms with Gasteiger partial charge in [0.05, 0.1) is 15.7 Å². The molecule has 4 heteroatoms. The molecule has 1 saturated carbocycles. The molecule has 0 radical (unpaired) electrons. The average molecular weight is 322 g/mol. The van der Waals surface area contributed by atoms with Crippen LogP contribution in [0.15, 0.2) is 54.0 Å². The van der Waals surface area contributed by atoms with Crippen molar-refractivity contribution >= 4 is 27.5 Å². The maximum absolute atomic E-state index is 12.9. The summed E-state index contributed by atoms with van der Waals surface area (Å²) in [5.74, 6) is 0.152. The fourth-order valence-corrected chi connectivity index (χ4v) is 3.60. The Balaban J connectivity index is 1.53. The van der Waals surface area contributed by atoms with Gasteiger partial charge in [0.25, 0.3) is 5.91 Å². The molecular weight excluding hydrogens is 304 g/mol. The zero-order valence-corrected chi connectivity index (χ0v) is 13.6. The molecule has 1 aliphatic rings. The van der Waals surface area contributed by atoms with E-state index in [9.17, 15) is 4.79 Å². The normalized spacial score (nSPS) is 14.1. The van der Waals surface area contributed by atoms with Crippen LogP contribution >= 0.6 is 11.3 Å². The minimum absolute atomic E-state index is 0.152. The monoisotopic (exact) mass is 322 g/mol. The Kier molecular flexibility index (Phi) is 3.83. The van der Waals surface area contributed by atoms with E-state index in [-0.39, 0.29) is 5.91 Å². The highest BCUT2D eigenvalue weighted by atomic mass is 32.1. The molecule has 0 saturated heterocycles. The molecule has 1 amide bonds. The van der Waals surface area contributed by atoms with Gasteiger partial charge in [-0.25, -0.2) is 4.98 Å².